The largest absolute Gasteiger partial charge is 0.399 e. The standard InChI is InChI=1S/C11H14N4O2S/c1-18(17)5-4-13-11-14-9-3-2-7(12)6-8(9)10(16)15-11/h2-3,6H,4-5,12H2,1H3,(H2,13,14,15,16). The highest BCUT2D eigenvalue weighted by Gasteiger charge is 2.03. The number of nitrogen functional groups attached to an aromatic ring is 1. The van der Waals surface area contributed by atoms with Crippen LogP contribution in [0.4, 0.5) is 11.6 Å². The van der Waals surface area contributed by atoms with E-state index in [0.717, 1.165) is 0 Å². The Morgan fingerprint density at radius 3 is 3.00 bits per heavy atom. The molecule has 7 heteroatoms. The number of rotatable bonds is 4. The van der Waals surface area contributed by atoms with E-state index in [9.17, 15) is 9.00 Å². The fourth-order valence-electron chi connectivity index (χ4n) is 1.55. The van der Waals surface area contributed by atoms with Crippen LogP contribution in [-0.2, 0) is 10.8 Å². The lowest BCUT2D eigenvalue weighted by molar-refractivity contribution is 0.687. The van der Waals surface area contributed by atoms with Crippen LogP contribution in [-0.4, -0.2) is 32.7 Å². The third kappa shape index (κ3) is 2.86. The first-order chi connectivity index (χ1) is 8.56. The lowest BCUT2D eigenvalue weighted by Crippen LogP contribution is -2.16. The van der Waals surface area contributed by atoms with Crippen molar-refractivity contribution in [2.24, 2.45) is 0 Å². The van der Waals surface area contributed by atoms with E-state index in [2.05, 4.69) is 15.3 Å². The molecule has 0 bridgehead atoms. The van der Waals surface area contributed by atoms with Crippen molar-refractivity contribution >= 4 is 33.3 Å². The predicted molar refractivity (Wildman–Crippen MR) is 74.2 cm³/mol. The van der Waals surface area contributed by atoms with Crippen LogP contribution in [0.2, 0.25) is 0 Å². The summed E-state index contributed by atoms with van der Waals surface area (Å²) in [5.41, 5.74) is 6.47. The summed E-state index contributed by atoms with van der Waals surface area (Å²) in [5.74, 6) is 0.881. The Kier molecular flexibility index (Phi) is 3.61. The molecule has 0 fully saturated rings. The molecule has 1 aromatic heterocycles. The van der Waals surface area contributed by atoms with Gasteiger partial charge in [-0.05, 0) is 18.2 Å². The quantitative estimate of drug-likeness (QED) is 0.691. The van der Waals surface area contributed by atoms with Gasteiger partial charge < -0.3 is 11.1 Å². The van der Waals surface area contributed by atoms with Gasteiger partial charge in [-0.25, -0.2) is 4.98 Å². The molecule has 1 atom stereocenters. The zero-order valence-corrected chi connectivity index (χ0v) is 10.7. The van der Waals surface area contributed by atoms with Gasteiger partial charge in [-0.1, -0.05) is 0 Å². The van der Waals surface area contributed by atoms with Crippen LogP contribution in [0.3, 0.4) is 0 Å². The molecule has 0 amide bonds. The minimum atomic E-state index is -0.874. The van der Waals surface area contributed by atoms with Crippen LogP contribution in [0.5, 0.6) is 0 Å². The number of aromatic nitrogens is 2. The highest BCUT2D eigenvalue weighted by atomic mass is 32.2. The molecule has 0 spiro atoms. The summed E-state index contributed by atoms with van der Waals surface area (Å²) < 4.78 is 10.9. The SMILES string of the molecule is CS(=O)CCNc1nc2ccc(N)cc2c(=O)[nH]1. The van der Waals surface area contributed by atoms with Crippen molar-refractivity contribution < 1.29 is 4.21 Å². The molecule has 0 aliphatic heterocycles. The second-order valence-corrected chi connectivity index (χ2v) is 5.45. The maximum Gasteiger partial charge on any atom is 0.260 e. The summed E-state index contributed by atoms with van der Waals surface area (Å²) in [4.78, 5) is 18.7. The Balaban J connectivity index is 2.29. The summed E-state index contributed by atoms with van der Waals surface area (Å²) in [6.45, 7) is 0.493. The van der Waals surface area contributed by atoms with Gasteiger partial charge in [-0.15, -0.1) is 0 Å². The van der Waals surface area contributed by atoms with Crippen molar-refractivity contribution in [2.45, 2.75) is 0 Å². The first-order valence-corrected chi connectivity index (χ1v) is 7.12. The highest BCUT2D eigenvalue weighted by molar-refractivity contribution is 7.84. The number of fused-ring (bicyclic) bond motifs is 1. The molecule has 0 saturated carbocycles. The first kappa shape index (κ1) is 12.6. The van der Waals surface area contributed by atoms with Crippen LogP contribution in [0.25, 0.3) is 10.9 Å². The first-order valence-electron chi connectivity index (χ1n) is 5.40. The van der Waals surface area contributed by atoms with Gasteiger partial charge >= 0.3 is 0 Å². The number of hydrogen-bond donors (Lipinski definition) is 3. The van der Waals surface area contributed by atoms with E-state index in [4.69, 9.17) is 5.73 Å². The second-order valence-electron chi connectivity index (χ2n) is 3.90. The van der Waals surface area contributed by atoms with E-state index in [1.807, 2.05) is 0 Å². The number of nitrogens with one attached hydrogen (secondary N) is 2. The number of hydrogen-bond acceptors (Lipinski definition) is 5. The molecule has 1 aromatic carbocycles. The highest BCUT2D eigenvalue weighted by Crippen LogP contribution is 2.12. The second kappa shape index (κ2) is 5.18. The van der Waals surface area contributed by atoms with Gasteiger partial charge in [-0.3, -0.25) is 14.0 Å². The Morgan fingerprint density at radius 1 is 1.50 bits per heavy atom. The van der Waals surface area contributed by atoms with Gasteiger partial charge in [0.05, 0.1) is 10.9 Å². The zero-order valence-electron chi connectivity index (χ0n) is 9.90. The Labute approximate surface area is 106 Å². The Bertz CT molecular complexity index is 653. The molecule has 18 heavy (non-hydrogen) atoms. The zero-order chi connectivity index (χ0) is 13.1. The van der Waals surface area contributed by atoms with Gasteiger partial charge in [0, 0.05) is 35.0 Å². The van der Waals surface area contributed by atoms with Crippen LogP contribution < -0.4 is 16.6 Å². The minimum absolute atomic E-state index is 0.243. The summed E-state index contributed by atoms with van der Waals surface area (Å²) in [6, 6.07) is 4.98. The number of nitrogens with two attached hydrogens (primary N) is 1. The van der Waals surface area contributed by atoms with E-state index in [1.165, 1.54) is 0 Å². The Morgan fingerprint density at radius 2 is 2.28 bits per heavy atom. The molecule has 1 unspecified atom stereocenters. The third-order valence-corrected chi connectivity index (χ3v) is 3.19. The van der Waals surface area contributed by atoms with Crippen molar-refractivity contribution in [3.05, 3.63) is 28.6 Å². The van der Waals surface area contributed by atoms with Crippen LogP contribution in [0, 0.1) is 0 Å². The van der Waals surface area contributed by atoms with Gasteiger partial charge in [0.15, 0.2) is 0 Å². The van der Waals surface area contributed by atoms with Crippen LogP contribution in [0.1, 0.15) is 0 Å². The lowest BCUT2D eigenvalue weighted by Gasteiger charge is -2.05. The fourth-order valence-corrected chi connectivity index (χ4v) is 1.94. The smallest absolute Gasteiger partial charge is 0.260 e. The molecule has 0 radical (unpaired) electrons. The van der Waals surface area contributed by atoms with E-state index < -0.39 is 10.8 Å². The molecule has 6 nitrogen and oxygen atoms in total. The maximum absolute atomic E-state index is 11.8. The fraction of sp³-hybridized carbons (Fsp3) is 0.273. The average Bonchev–Trinajstić information content (AvgIpc) is 2.30. The van der Waals surface area contributed by atoms with Crippen molar-refractivity contribution in [3.8, 4) is 0 Å². The predicted octanol–water partition coefficient (Wildman–Crippen LogP) is 0.296. The van der Waals surface area contributed by atoms with Crippen molar-refractivity contribution in [1.82, 2.24) is 9.97 Å². The van der Waals surface area contributed by atoms with E-state index in [-0.39, 0.29) is 5.56 Å². The molecular weight excluding hydrogens is 252 g/mol. The summed E-state index contributed by atoms with van der Waals surface area (Å²) in [5, 5.41) is 3.39. The lowest BCUT2D eigenvalue weighted by atomic mass is 10.2. The number of H-pyrrole nitrogens is 1. The van der Waals surface area contributed by atoms with Gasteiger partial charge in [-0.2, -0.15) is 0 Å². The normalized spacial score (nSPS) is 12.5. The molecule has 1 heterocycles. The molecule has 0 aliphatic carbocycles. The van der Waals surface area contributed by atoms with Crippen LogP contribution >= 0.6 is 0 Å². The maximum atomic E-state index is 11.8. The average molecular weight is 266 g/mol. The summed E-state index contributed by atoms with van der Waals surface area (Å²) in [7, 11) is -0.874. The van der Waals surface area contributed by atoms with E-state index >= 15 is 0 Å². The molecule has 0 aliphatic rings. The molecule has 96 valence electrons. The number of aromatic amines is 1. The number of benzene rings is 1. The van der Waals surface area contributed by atoms with E-state index in [1.54, 1.807) is 24.5 Å². The van der Waals surface area contributed by atoms with Crippen molar-refractivity contribution in [3.63, 3.8) is 0 Å². The van der Waals surface area contributed by atoms with Crippen LogP contribution in [0.15, 0.2) is 23.0 Å². The minimum Gasteiger partial charge on any atom is -0.399 e. The molecule has 2 rings (SSSR count). The summed E-state index contributed by atoms with van der Waals surface area (Å²) >= 11 is 0. The van der Waals surface area contributed by atoms with E-state index in [0.29, 0.717) is 34.8 Å². The van der Waals surface area contributed by atoms with Gasteiger partial charge in [0.2, 0.25) is 5.95 Å². The topological polar surface area (TPSA) is 101 Å². The van der Waals surface area contributed by atoms with Gasteiger partial charge in [0.1, 0.15) is 0 Å². The Hall–Kier alpha value is -1.89. The molecule has 4 N–H and O–H groups in total. The third-order valence-electron chi connectivity index (χ3n) is 2.41. The number of nitrogens with zero attached hydrogens (tertiary/aromatic N) is 1. The molecule has 2 aromatic rings. The van der Waals surface area contributed by atoms with Crippen molar-refractivity contribution in [1.29, 1.82) is 0 Å². The monoisotopic (exact) mass is 266 g/mol. The molecular formula is C11H14N4O2S. The molecule has 0 saturated heterocycles. The summed E-state index contributed by atoms with van der Waals surface area (Å²) in [6.07, 6.45) is 1.63. The van der Waals surface area contributed by atoms with Gasteiger partial charge in [0.25, 0.3) is 5.56 Å². The van der Waals surface area contributed by atoms with Crippen molar-refractivity contribution in [2.75, 3.05) is 29.6 Å². The number of anilines is 2.